The number of aromatic nitrogens is 1. The van der Waals surface area contributed by atoms with Gasteiger partial charge in [-0.1, -0.05) is 0 Å². The number of methoxy groups -OCH3 is 2. The van der Waals surface area contributed by atoms with Crippen LogP contribution in [0.2, 0.25) is 0 Å². The van der Waals surface area contributed by atoms with Gasteiger partial charge in [-0.15, -0.1) is 0 Å². The van der Waals surface area contributed by atoms with Crippen molar-refractivity contribution in [2.24, 2.45) is 0 Å². The summed E-state index contributed by atoms with van der Waals surface area (Å²) in [6.07, 6.45) is -2.59. The third kappa shape index (κ3) is 2.05. The average Bonchev–Trinajstić information content (AvgIpc) is 2.16. The smallest absolute Gasteiger partial charge is 0.269 e. The minimum Gasteiger partial charge on any atom is -0.481 e. The molecule has 0 aromatic carbocycles. The number of nitrogens with zero attached hydrogens (tertiary/aromatic N) is 1. The van der Waals surface area contributed by atoms with Crippen molar-refractivity contribution in [1.29, 1.82) is 0 Å². The normalized spacial score (nSPS) is 10.2. The van der Waals surface area contributed by atoms with Crippen molar-refractivity contribution in [3.05, 3.63) is 17.7 Å². The van der Waals surface area contributed by atoms with Crippen molar-refractivity contribution >= 4 is 0 Å². The Hall–Kier alpha value is -1.39. The molecule has 1 rings (SSSR count). The van der Waals surface area contributed by atoms with Crippen LogP contribution in [-0.4, -0.2) is 19.2 Å². The van der Waals surface area contributed by atoms with Crippen LogP contribution in [0, 0.1) is 0 Å². The molecule has 0 amide bonds. The van der Waals surface area contributed by atoms with E-state index >= 15 is 0 Å². The van der Waals surface area contributed by atoms with E-state index in [1.807, 2.05) is 0 Å². The molecule has 0 fully saturated rings. The summed E-state index contributed by atoms with van der Waals surface area (Å²) in [7, 11) is 2.69. The van der Waals surface area contributed by atoms with Crippen LogP contribution in [0.3, 0.4) is 0 Å². The first-order valence-electron chi connectivity index (χ1n) is 3.56. The van der Waals surface area contributed by atoms with Gasteiger partial charge in [-0.05, 0) is 6.07 Å². The summed E-state index contributed by atoms with van der Waals surface area (Å²) < 4.78 is 34.0. The Kier molecular flexibility index (Phi) is 3.00. The molecule has 0 N–H and O–H groups in total. The molecule has 0 radical (unpaired) electrons. The van der Waals surface area contributed by atoms with Crippen LogP contribution in [0.4, 0.5) is 8.78 Å². The predicted octanol–water partition coefficient (Wildman–Crippen LogP) is 2.04. The van der Waals surface area contributed by atoms with E-state index in [0.29, 0.717) is 0 Å². The summed E-state index contributed by atoms with van der Waals surface area (Å²) in [5, 5.41) is 0. The second-order valence-corrected chi connectivity index (χ2v) is 2.25. The zero-order chi connectivity index (χ0) is 9.84. The monoisotopic (exact) mass is 189 g/mol. The molecule has 0 aliphatic carbocycles. The lowest BCUT2D eigenvalue weighted by molar-refractivity contribution is 0.145. The number of hydrogen-bond acceptors (Lipinski definition) is 3. The number of rotatable bonds is 3. The van der Waals surface area contributed by atoms with E-state index in [0.717, 1.165) is 0 Å². The van der Waals surface area contributed by atoms with Gasteiger partial charge < -0.3 is 9.47 Å². The molecule has 0 aliphatic rings. The molecule has 0 saturated heterocycles. The van der Waals surface area contributed by atoms with Crippen LogP contribution >= 0.6 is 0 Å². The van der Waals surface area contributed by atoms with E-state index in [1.54, 1.807) is 0 Å². The highest BCUT2D eigenvalue weighted by atomic mass is 19.3. The van der Waals surface area contributed by atoms with Gasteiger partial charge in [0.2, 0.25) is 11.8 Å². The van der Waals surface area contributed by atoms with Gasteiger partial charge in [0.15, 0.2) is 0 Å². The van der Waals surface area contributed by atoms with Gasteiger partial charge in [-0.25, -0.2) is 8.78 Å². The van der Waals surface area contributed by atoms with E-state index in [-0.39, 0.29) is 17.3 Å². The molecular formula is C8H9F2NO2. The van der Waals surface area contributed by atoms with E-state index in [1.165, 1.54) is 26.4 Å². The maximum absolute atomic E-state index is 12.3. The Morgan fingerprint density at radius 1 is 1.23 bits per heavy atom. The minimum absolute atomic E-state index is 0.102. The maximum Gasteiger partial charge on any atom is 0.269 e. The molecule has 0 aliphatic heterocycles. The molecular weight excluding hydrogens is 180 g/mol. The summed E-state index contributed by atoms with van der Waals surface area (Å²) in [5.74, 6) is 0.149. The van der Waals surface area contributed by atoms with Gasteiger partial charge in [0, 0.05) is 6.07 Å². The van der Waals surface area contributed by atoms with Crippen LogP contribution in [0.5, 0.6) is 11.8 Å². The molecule has 1 aromatic rings. The quantitative estimate of drug-likeness (QED) is 0.729. The fourth-order valence-corrected chi connectivity index (χ4v) is 0.878. The molecule has 0 spiro atoms. The third-order valence-corrected chi connectivity index (χ3v) is 1.50. The highest BCUT2D eigenvalue weighted by molar-refractivity contribution is 5.31. The van der Waals surface area contributed by atoms with Gasteiger partial charge in [-0.3, -0.25) is 0 Å². The second kappa shape index (κ2) is 4.02. The average molecular weight is 189 g/mol. The van der Waals surface area contributed by atoms with Crippen LogP contribution in [0.25, 0.3) is 0 Å². The summed E-state index contributed by atoms with van der Waals surface area (Å²) in [4.78, 5) is 3.71. The zero-order valence-electron chi connectivity index (χ0n) is 7.25. The Morgan fingerprint density at radius 2 is 1.92 bits per heavy atom. The second-order valence-electron chi connectivity index (χ2n) is 2.25. The molecule has 13 heavy (non-hydrogen) atoms. The minimum atomic E-state index is -2.59. The lowest BCUT2D eigenvalue weighted by Gasteiger charge is -2.07. The lowest BCUT2D eigenvalue weighted by Crippen LogP contribution is -1.97. The number of hydrogen-bond donors (Lipinski definition) is 0. The van der Waals surface area contributed by atoms with Crippen molar-refractivity contribution in [3.8, 4) is 11.8 Å². The fraction of sp³-hybridized carbons (Fsp3) is 0.375. The van der Waals surface area contributed by atoms with Gasteiger partial charge in [0.05, 0.1) is 19.8 Å². The molecule has 1 aromatic heterocycles. The first-order valence-corrected chi connectivity index (χ1v) is 3.56. The molecule has 5 heteroatoms. The van der Waals surface area contributed by atoms with E-state index in [9.17, 15) is 8.78 Å². The van der Waals surface area contributed by atoms with E-state index in [4.69, 9.17) is 4.74 Å². The summed E-state index contributed by atoms with van der Waals surface area (Å²) in [6, 6.07) is 2.60. The van der Waals surface area contributed by atoms with Gasteiger partial charge in [-0.2, -0.15) is 4.98 Å². The van der Waals surface area contributed by atoms with Crippen molar-refractivity contribution in [2.45, 2.75) is 6.43 Å². The Balaban J connectivity index is 3.08. The summed E-state index contributed by atoms with van der Waals surface area (Å²) in [5.41, 5.74) is -0.233. The maximum atomic E-state index is 12.3. The fourth-order valence-electron chi connectivity index (χ4n) is 0.878. The van der Waals surface area contributed by atoms with Crippen molar-refractivity contribution in [2.75, 3.05) is 14.2 Å². The number of halogens is 2. The zero-order valence-corrected chi connectivity index (χ0v) is 7.25. The molecule has 1 heterocycles. The highest BCUT2D eigenvalue weighted by Crippen LogP contribution is 2.28. The third-order valence-electron chi connectivity index (χ3n) is 1.50. The molecule has 0 saturated carbocycles. The van der Waals surface area contributed by atoms with Crippen LogP contribution in [0.15, 0.2) is 12.1 Å². The van der Waals surface area contributed by atoms with Gasteiger partial charge in [0.1, 0.15) is 0 Å². The van der Waals surface area contributed by atoms with Crippen LogP contribution < -0.4 is 9.47 Å². The van der Waals surface area contributed by atoms with Crippen LogP contribution in [-0.2, 0) is 0 Å². The number of ether oxygens (including phenoxy) is 2. The Morgan fingerprint density at radius 3 is 2.38 bits per heavy atom. The highest BCUT2D eigenvalue weighted by Gasteiger charge is 2.15. The predicted molar refractivity (Wildman–Crippen MR) is 42.3 cm³/mol. The standard InChI is InChI=1S/C8H9F2NO2/c1-12-6-4-3-5(7(9)10)8(11-6)13-2/h3-4,7H,1-2H3. The van der Waals surface area contributed by atoms with Gasteiger partial charge in [0.25, 0.3) is 6.43 Å². The molecule has 0 unspecified atom stereocenters. The molecule has 3 nitrogen and oxygen atoms in total. The van der Waals surface area contributed by atoms with Crippen molar-refractivity contribution in [3.63, 3.8) is 0 Å². The number of pyridine rings is 1. The Labute approximate surface area is 74.3 Å². The van der Waals surface area contributed by atoms with E-state index < -0.39 is 6.43 Å². The number of alkyl halides is 2. The molecule has 72 valence electrons. The Bertz CT molecular complexity index is 291. The summed E-state index contributed by atoms with van der Waals surface area (Å²) >= 11 is 0. The lowest BCUT2D eigenvalue weighted by atomic mass is 10.3. The largest absolute Gasteiger partial charge is 0.481 e. The van der Waals surface area contributed by atoms with Gasteiger partial charge >= 0.3 is 0 Å². The molecule has 0 atom stereocenters. The van der Waals surface area contributed by atoms with E-state index in [2.05, 4.69) is 9.72 Å². The first kappa shape index (κ1) is 9.70. The molecule has 0 bridgehead atoms. The van der Waals surface area contributed by atoms with Crippen molar-refractivity contribution in [1.82, 2.24) is 4.98 Å². The van der Waals surface area contributed by atoms with Crippen LogP contribution in [0.1, 0.15) is 12.0 Å². The summed E-state index contributed by atoms with van der Waals surface area (Å²) in [6.45, 7) is 0. The SMILES string of the molecule is COc1ccc(C(F)F)c(OC)n1. The topological polar surface area (TPSA) is 31.4 Å². The van der Waals surface area contributed by atoms with Crippen molar-refractivity contribution < 1.29 is 18.3 Å². The first-order chi connectivity index (χ1) is 6.19.